The maximum atomic E-state index is 5.36. The van der Waals surface area contributed by atoms with Crippen molar-refractivity contribution < 1.29 is 4.52 Å². The summed E-state index contributed by atoms with van der Waals surface area (Å²) in [4.78, 5) is 6.54. The Morgan fingerprint density at radius 2 is 2.10 bits per heavy atom. The van der Waals surface area contributed by atoms with Crippen molar-refractivity contribution in [3.05, 3.63) is 65.2 Å². The number of benzene rings is 1. The fraction of sp³-hybridized carbons (Fsp3) is 0.0667. The highest BCUT2D eigenvalue weighted by molar-refractivity contribution is 9.11. The molecule has 0 amide bonds. The van der Waals surface area contributed by atoms with Gasteiger partial charge >= 0.3 is 0 Å². The number of halogens is 1. The molecule has 1 unspecified atom stereocenters. The van der Waals surface area contributed by atoms with E-state index in [1.54, 1.807) is 0 Å². The van der Waals surface area contributed by atoms with Gasteiger partial charge in [0.2, 0.25) is 5.82 Å². The minimum atomic E-state index is 0.0972. The third-order valence-electron chi connectivity index (χ3n) is 3.34. The van der Waals surface area contributed by atoms with Crippen LogP contribution in [-0.4, -0.2) is 21.2 Å². The van der Waals surface area contributed by atoms with Gasteiger partial charge in [-0.3, -0.25) is 0 Å². The minimum Gasteiger partial charge on any atom is -0.366 e. The van der Waals surface area contributed by atoms with Crippen LogP contribution in [0.3, 0.4) is 0 Å². The zero-order valence-corrected chi connectivity index (χ0v) is 12.5. The van der Waals surface area contributed by atoms with Crippen LogP contribution in [0.2, 0.25) is 0 Å². The first kappa shape index (κ1) is 12.4. The van der Waals surface area contributed by atoms with Crippen LogP contribution >= 0.6 is 15.9 Å². The number of aromatic nitrogens is 2. The van der Waals surface area contributed by atoms with E-state index in [4.69, 9.17) is 4.52 Å². The van der Waals surface area contributed by atoms with Gasteiger partial charge in [0.25, 0.3) is 5.89 Å². The first-order chi connectivity index (χ1) is 10.3. The van der Waals surface area contributed by atoms with Gasteiger partial charge < -0.3 is 14.7 Å². The molecule has 2 aromatic rings. The van der Waals surface area contributed by atoms with Crippen molar-refractivity contribution in [2.24, 2.45) is 0 Å². The summed E-state index contributed by atoms with van der Waals surface area (Å²) in [5.41, 5.74) is 1.79. The first-order valence-corrected chi connectivity index (χ1v) is 7.30. The highest BCUT2D eigenvalue weighted by atomic mass is 79.9. The standard InChI is InChI=1S/C15H11BrN4O/c16-11-6-7-13-17-8-12(20(13)9-11)14-18-15(21-19-14)10-4-2-1-3-5-10/h1-9,13,17H. The maximum Gasteiger partial charge on any atom is 0.258 e. The van der Waals surface area contributed by atoms with Gasteiger partial charge in [0, 0.05) is 22.4 Å². The second-order valence-electron chi connectivity index (χ2n) is 4.71. The average molecular weight is 343 g/mol. The van der Waals surface area contributed by atoms with E-state index < -0.39 is 0 Å². The van der Waals surface area contributed by atoms with E-state index in [2.05, 4.69) is 42.4 Å². The molecule has 1 atom stereocenters. The van der Waals surface area contributed by atoms with Gasteiger partial charge in [0.15, 0.2) is 0 Å². The van der Waals surface area contributed by atoms with Crippen LogP contribution in [0, 0.1) is 0 Å². The molecule has 21 heavy (non-hydrogen) atoms. The van der Waals surface area contributed by atoms with Gasteiger partial charge in [-0.1, -0.05) is 23.4 Å². The largest absolute Gasteiger partial charge is 0.366 e. The number of nitrogens with zero attached hydrogens (tertiary/aromatic N) is 3. The summed E-state index contributed by atoms with van der Waals surface area (Å²) in [5, 5.41) is 7.35. The van der Waals surface area contributed by atoms with E-state index in [9.17, 15) is 0 Å². The van der Waals surface area contributed by atoms with E-state index in [0.717, 1.165) is 15.7 Å². The zero-order chi connectivity index (χ0) is 14.2. The molecular formula is C15H11BrN4O. The van der Waals surface area contributed by atoms with E-state index in [0.29, 0.717) is 11.7 Å². The Hall–Kier alpha value is -2.34. The molecule has 0 saturated carbocycles. The van der Waals surface area contributed by atoms with Crippen molar-refractivity contribution in [1.29, 1.82) is 0 Å². The molecule has 0 fully saturated rings. The summed E-state index contributed by atoms with van der Waals surface area (Å²) in [6.07, 6.45) is 8.06. The summed E-state index contributed by atoms with van der Waals surface area (Å²) in [6.45, 7) is 0. The summed E-state index contributed by atoms with van der Waals surface area (Å²) in [6, 6.07) is 9.74. The molecule has 0 aliphatic carbocycles. The lowest BCUT2D eigenvalue weighted by Gasteiger charge is -2.24. The van der Waals surface area contributed by atoms with Gasteiger partial charge in [-0.15, -0.1) is 0 Å². The lowest BCUT2D eigenvalue weighted by molar-refractivity contribution is 0.415. The molecule has 0 bridgehead atoms. The van der Waals surface area contributed by atoms with Crippen molar-refractivity contribution in [2.75, 3.05) is 0 Å². The molecule has 6 heteroatoms. The third-order valence-corrected chi connectivity index (χ3v) is 3.81. The zero-order valence-electron chi connectivity index (χ0n) is 10.9. The molecule has 2 aliphatic rings. The van der Waals surface area contributed by atoms with E-state index in [1.165, 1.54) is 0 Å². The fourth-order valence-electron chi connectivity index (χ4n) is 2.33. The first-order valence-electron chi connectivity index (χ1n) is 6.51. The summed E-state index contributed by atoms with van der Waals surface area (Å²) >= 11 is 3.48. The van der Waals surface area contributed by atoms with Crippen LogP contribution < -0.4 is 5.32 Å². The smallest absolute Gasteiger partial charge is 0.258 e. The van der Waals surface area contributed by atoms with Crippen LogP contribution in [0.1, 0.15) is 5.82 Å². The van der Waals surface area contributed by atoms with Crippen LogP contribution in [-0.2, 0) is 0 Å². The molecule has 4 rings (SSSR count). The number of allylic oxidation sites excluding steroid dienone is 2. The molecule has 5 nitrogen and oxygen atoms in total. The van der Waals surface area contributed by atoms with Gasteiger partial charge in [0.05, 0.1) is 0 Å². The Labute approximate surface area is 129 Å². The molecule has 104 valence electrons. The van der Waals surface area contributed by atoms with Gasteiger partial charge in [-0.25, -0.2) is 0 Å². The number of hydrogen-bond donors (Lipinski definition) is 1. The normalized spacial score (nSPS) is 19.9. The Morgan fingerprint density at radius 1 is 1.24 bits per heavy atom. The average Bonchev–Trinajstić information content (AvgIpc) is 3.14. The van der Waals surface area contributed by atoms with Crippen LogP contribution in [0.5, 0.6) is 0 Å². The van der Waals surface area contributed by atoms with E-state index in [-0.39, 0.29) is 6.17 Å². The highest BCUT2D eigenvalue weighted by Gasteiger charge is 2.28. The lowest BCUT2D eigenvalue weighted by Crippen LogP contribution is -2.32. The summed E-state index contributed by atoms with van der Waals surface area (Å²) < 4.78 is 6.36. The Kier molecular flexibility index (Phi) is 2.89. The number of fused-ring (bicyclic) bond motifs is 1. The van der Waals surface area contributed by atoms with E-state index in [1.807, 2.05) is 48.8 Å². The van der Waals surface area contributed by atoms with Crippen LogP contribution in [0.4, 0.5) is 0 Å². The quantitative estimate of drug-likeness (QED) is 0.908. The molecule has 1 N–H and O–H groups in total. The lowest BCUT2D eigenvalue weighted by atomic mass is 10.2. The predicted molar refractivity (Wildman–Crippen MR) is 82.6 cm³/mol. The molecule has 3 heterocycles. The fourth-order valence-corrected chi connectivity index (χ4v) is 2.70. The van der Waals surface area contributed by atoms with Crippen molar-refractivity contribution in [3.63, 3.8) is 0 Å². The van der Waals surface area contributed by atoms with Gasteiger partial charge in [-0.2, -0.15) is 4.98 Å². The van der Waals surface area contributed by atoms with Gasteiger partial charge in [-0.05, 0) is 40.2 Å². The van der Waals surface area contributed by atoms with E-state index >= 15 is 0 Å². The second-order valence-corrected chi connectivity index (χ2v) is 5.63. The second kappa shape index (κ2) is 4.89. The summed E-state index contributed by atoms with van der Waals surface area (Å²) in [5.74, 6) is 1.08. The Morgan fingerprint density at radius 3 is 2.95 bits per heavy atom. The highest BCUT2D eigenvalue weighted by Crippen LogP contribution is 2.30. The molecule has 1 aromatic heterocycles. The molecule has 0 saturated heterocycles. The number of rotatable bonds is 2. The Balaban J connectivity index is 1.66. The molecule has 0 radical (unpaired) electrons. The molecule has 1 aromatic carbocycles. The predicted octanol–water partition coefficient (Wildman–Crippen LogP) is 3.07. The minimum absolute atomic E-state index is 0.0972. The number of hydrogen-bond acceptors (Lipinski definition) is 5. The molecule has 2 aliphatic heterocycles. The van der Waals surface area contributed by atoms with Gasteiger partial charge in [0.1, 0.15) is 11.9 Å². The summed E-state index contributed by atoms with van der Waals surface area (Å²) in [7, 11) is 0. The van der Waals surface area contributed by atoms with Crippen LogP contribution in [0.15, 0.2) is 63.9 Å². The monoisotopic (exact) mass is 342 g/mol. The topological polar surface area (TPSA) is 54.2 Å². The molecular weight excluding hydrogens is 332 g/mol. The third kappa shape index (κ3) is 2.17. The van der Waals surface area contributed by atoms with Crippen molar-refractivity contribution >= 4 is 21.6 Å². The maximum absolute atomic E-state index is 5.36. The number of nitrogens with one attached hydrogen (secondary N) is 1. The van der Waals surface area contributed by atoms with Crippen molar-refractivity contribution in [2.45, 2.75) is 6.17 Å². The van der Waals surface area contributed by atoms with Crippen molar-refractivity contribution in [1.82, 2.24) is 20.4 Å². The van der Waals surface area contributed by atoms with Crippen molar-refractivity contribution in [3.8, 4) is 11.5 Å². The van der Waals surface area contributed by atoms with Crippen LogP contribution in [0.25, 0.3) is 17.2 Å². The SMILES string of the molecule is BrC1=CN2C(c3noc(-c4ccccc4)n3)=CNC2C=C1. The molecule has 0 spiro atoms. The Bertz CT molecular complexity index is 763.